The topological polar surface area (TPSA) is 101 Å². The highest BCUT2D eigenvalue weighted by Crippen LogP contribution is 1.92. The zero-order chi connectivity index (χ0) is 7.61. The highest BCUT2D eigenvalue weighted by Gasteiger charge is 2.03. The molecule has 0 aliphatic carbocycles. The van der Waals surface area contributed by atoms with Gasteiger partial charge >= 0.3 is 0 Å². The minimum atomic E-state index is -3.28. The first kappa shape index (κ1) is 6.93. The smallest absolute Gasteiger partial charge is 0.249 e. The highest BCUT2D eigenvalue weighted by atomic mass is 32.2. The van der Waals surface area contributed by atoms with E-state index in [0.717, 1.165) is 6.26 Å². The van der Waals surface area contributed by atoms with Crippen molar-refractivity contribution in [1.82, 2.24) is 20.6 Å². The summed E-state index contributed by atoms with van der Waals surface area (Å²) >= 11 is 0. The van der Waals surface area contributed by atoms with Crippen molar-refractivity contribution in [2.75, 3.05) is 11.0 Å². The number of tetrazole rings is 1. The molecule has 2 N–H and O–H groups in total. The minimum absolute atomic E-state index is 0.0532. The summed E-state index contributed by atoms with van der Waals surface area (Å²) in [5.41, 5.74) is 0. The van der Waals surface area contributed by atoms with Crippen LogP contribution in [0.3, 0.4) is 0 Å². The number of anilines is 1. The highest BCUT2D eigenvalue weighted by molar-refractivity contribution is 7.91. The van der Waals surface area contributed by atoms with Gasteiger partial charge in [0.05, 0.1) is 6.26 Å². The SMILES string of the molecule is CS(=O)(=O)Nc1nn[nH]n1. The number of nitrogens with one attached hydrogen (secondary N) is 2. The molecule has 10 heavy (non-hydrogen) atoms. The lowest BCUT2D eigenvalue weighted by Gasteiger charge is -1.92. The maximum Gasteiger partial charge on any atom is 0.276 e. The van der Waals surface area contributed by atoms with Gasteiger partial charge in [0, 0.05) is 0 Å². The number of aromatic amines is 1. The molecule has 1 heterocycles. The number of hydrogen-bond acceptors (Lipinski definition) is 5. The Morgan fingerprint density at radius 3 is 2.70 bits per heavy atom. The fourth-order valence-corrected chi connectivity index (χ4v) is 0.789. The van der Waals surface area contributed by atoms with E-state index in [1.54, 1.807) is 0 Å². The summed E-state index contributed by atoms with van der Waals surface area (Å²) in [6.45, 7) is 0. The zero-order valence-electron chi connectivity index (χ0n) is 5.07. The molecule has 1 aromatic rings. The van der Waals surface area contributed by atoms with Crippen molar-refractivity contribution in [2.24, 2.45) is 0 Å². The van der Waals surface area contributed by atoms with E-state index in [0.29, 0.717) is 0 Å². The van der Waals surface area contributed by atoms with Crippen molar-refractivity contribution in [2.45, 2.75) is 0 Å². The van der Waals surface area contributed by atoms with Gasteiger partial charge in [0.1, 0.15) is 0 Å². The third kappa shape index (κ3) is 1.97. The van der Waals surface area contributed by atoms with Gasteiger partial charge in [-0.3, -0.25) is 0 Å². The standard InChI is InChI=1S/C2H5N5O2S/c1-10(8,9)5-2-3-6-7-4-2/h1H3,(H2,3,4,5,6,7). The summed E-state index contributed by atoms with van der Waals surface area (Å²) in [5.74, 6) is -0.0532. The van der Waals surface area contributed by atoms with E-state index in [-0.39, 0.29) is 5.95 Å². The molecule has 0 aliphatic rings. The molecule has 7 nitrogen and oxygen atoms in total. The van der Waals surface area contributed by atoms with Crippen molar-refractivity contribution in [1.29, 1.82) is 0 Å². The van der Waals surface area contributed by atoms with Gasteiger partial charge in [-0.25, -0.2) is 13.1 Å². The van der Waals surface area contributed by atoms with Crippen molar-refractivity contribution in [3.8, 4) is 0 Å². The molecule has 0 atom stereocenters. The first-order valence-electron chi connectivity index (χ1n) is 2.29. The van der Waals surface area contributed by atoms with Gasteiger partial charge in [0.2, 0.25) is 10.0 Å². The van der Waals surface area contributed by atoms with Crippen molar-refractivity contribution < 1.29 is 8.42 Å². The van der Waals surface area contributed by atoms with Crippen LogP contribution in [0.2, 0.25) is 0 Å². The van der Waals surface area contributed by atoms with Gasteiger partial charge < -0.3 is 0 Å². The fraction of sp³-hybridized carbons (Fsp3) is 0.500. The first-order valence-corrected chi connectivity index (χ1v) is 4.18. The number of aromatic nitrogens is 4. The van der Waals surface area contributed by atoms with Gasteiger partial charge in [-0.2, -0.15) is 5.21 Å². The van der Waals surface area contributed by atoms with Crippen LogP contribution in [-0.2, 0) is 10.0 Å². The Kier molecular flexibility index (Phi) is 1.53. The number of H-pyrrole nitrogens is 1. The summed E-state index contributed by atoms with van der Waals surface area (Å²) in [6.07, 6.45) is 1.00. The summed E-state index contributed by atoms with van der Waals surface area (Å²) in [7, 11) is -3.28. The van der Waals surface area contributed by atoms with Crippen LogP contribution in [0.4, 0.5) is 5.95 Å². The summed E-state index contributed by atoms with van der Waals surface area (Å²) in [4.78, 5) is 0. The zero-order valence-corrected chi connectivity index (χ0v) is 5.88. The van der Waals surface area contributed by atoms with E-state index >= 15 is 0 Å². The Labute approximate surface area is 56.9 Å². The van der Waals surface area contributed by atoms with Gasteiger partial charge in [-0.15, -0.1) is 5.10 Å². The monoisotopic (exact) mass is 163 g/mol. The summed E-state index contributed by atoms with van der Waals surface area (Å²) in [6, 6.07) is 0. The van der Waals surface area contributed by atoms with Crippen molar-refractivity contribution in [3.05, 3.63) is 0 Å². The third-order valence-corrected chi connectivity index (χ3v) is 1.18. The van der Waals surface area contributed by atoms with Crippen molar-refractivity contribution >= 4 is 16.0 Å². The molecule has 0 amide bonds. The molecule has 0 bridgehead atoms. The van der Waals surface area contributed by atoms with E-state index in [4.69, 9.17) is 0 Å². The third-order valence-electron chi connectivity index (χ3n) is 0.622. The van der Waals surface area contributed by atoms with Crippen LogP contribution in [-0.4, -0.2) is 35.3 Å². The average Bonchev–Trinajstić information content (AvgIpc) is 2.12. The number of nitrogens with zero attached hydrogens (tertiary/aromatic N) is 3. The normalized spacial score (nSPS) is 11.3. The molecule has 0 aliphatic heterocycles. The van der Waals surface area contributed by atoms with Gasteiger partial charge in [-0.1, -0.05) is 5.10 Å². The molecule has 0 aromatic carbocycles. The second-order valence-corrected chi connectivity index (χ2v) is 3.36. The predicted molar refractivity (Wildman–Crippen MR) is 32.6 cm³/mol. The molecule has 0 radical (unpaired) electrons. The summed E-state index contributed by atoms with van der Waals surface area (Å²) < 4.78 is 22.9. The van der Waals surface area contributed by atoms with E-state index < -0.39 is 10.0 Å². The molecule has 0 saturated heterocycles. The maximum atomic E-state index is 10.5. The van der Waals surface area contributed by atoms with Crippen molar-refractivity contribution in [3.63, 3.8) is 0 Å². The maximum absolute atomic E-state index is 10.5. The molecule has 1 rings (SSSR count). The first-order chi connectivity index (χ1) is 4.58. The van der Waals surface area contributed by atoms with Crippen LogP contribution in [0.1, 0.15) is 0 Å². The van der Waals surface area contributed by atoms with Crippen LogP contribution in [0.25, 0.3) is 0 Å². The predicted octanol–water partition coefficient (Wildman–Crippen LogP) is -1.43. The lowest BCUT2D eigenvalue weighted by molar-refractivity contribution is 0.606. The van der Waals surface area contributed by atoms with Gasteiger partial charge in [0.15, 0.2) is 0 Å². The van der Waals surface area contributed by atoms with E-state index in [2.05, 4.69) is 20.6 Å². The molecule has 56 valence electrons. The Bertz CT molecular complexity index is 287. The second kappa shape index (κ2) is 2.21. The van der Waals surface area contributed by atoms with Gasteiger partial charge in [0.25, 0.3) is 5.95 Å². The Morgan fingerprint density at radius 1 is 1.60 bits per heavy atom. The molecule has 0 spiro atoms. The number of sulfonamides is 1. The fourth-order valence-electron chi connectivity index (χ4n) is 0.371. The molecule has 8 heteroatoms. The minimum Gasteiger partial charge on any atom is -0.249 e. The van der Waals surface area contributed by atoms with Crippen LogP contribution < -0.4 is 4.72 Å². The van der Waals surface area contributed by atoms with E-state index in [1.165, 1.54) is 0 Å². The van der Waals surface area contributed by atoms with Gasteiger partial charge in [-0.05, 0) is 5.21 Å². The molecule has 1 aromatic heterocycles. The number of hydrogen-bond donors (Lipinski definition) is 2. The second-order valence-electron chi connectivity index (χ2n) is 1.61. The lowest BCUT2D eigenvalue weighted by atomic mass is 11.2. The van der Waals surface area contributed by atoms with E-state index in [1.807, 2.05) is 4.72 Å². The summed E-state index contributed by atoms with van der Waals surface area (Å²) in [5, 5.41) is 12.0. The Morgan fingerprint density at radius 2 is 2.30 bits per heavy atom. The van der Waals surface area contributed by atoms with Crippen LogP contribution >= 0.6 is 0 Å². The Balaban J connectivity index is 2.75. The van der Waals surface area contributed by atoms with Crippen LogP contribution in [0, 0.1) is 0 Å². The molecule has 0 unspecified atom stereocenters. The number of rotatable bonds is 2. The molecular formula is C2H5N5O2S. The Hall–Kier alpha value is -1.18. The van der Waals surface area contributed by atoms with E-state index in [9.17, 15) is 8.42 Å². The largest absolute Gasteiger partial charge is 0.276 e. The lowest BCUT2D eigenvalue weighted by Crippen LogP contribution is -2.10. The molecule has 0 fully saturated rings. The molecule has 0 saturated carbocycles. The quantitative estimate of drug-likeness (QED) is 0.556. The average molecular weight is 163 g/mol. The van der Waals surface area contributed by atoms with Crippen LogP contribution in [0.15, 0.2) is 0 Å². The molecular weight excluding hydrogens is 158 g/mol. The van der Waals surface area contributed by atoms with Crippen LogP contribution in [0.5, 0.6) is 0 Å².